The first-order valence-corrected chi connectivity index (χ1v) is 10.0. The molecule has 3 rings (SSSR count). The normalized spacial score (nSPS) is 27.3. The third-order valence-electron chi connectivity index (χ3n) is 7.07. The molecule has 3 atom stereocenters. The number of ether oxygens (including phenoxy) is 2. The van der Waals surface area contributed by atoms with E-state index in [9.17, 15) is 32.7 Å². The van der Waals surface area contributed by atoms with Crippen LogP contribution < -0.4 is 5.32 Å². The summed E-state index contributed by atoms with van der Waals surface area (Å²) in [6, 6.07) is 2.56. The molecule has 0 aromatic heterocycles. The van der Waals surface area contributed by atoms with Crippen molar-refractivity contribution in [3.05, 3.63) is 35.2 Å². The first kappa shape index (κ1) is 24.5. The Morgan fingerprint density at radius 1 is 1.27 bits per heavy atom. The summed E-state index contributed by atoms with van der Waals surface area (Å²) in [7, 11) is 0. The quantitative estimate of drug-likeness (QED) is 0.505. The van der Waals surface area contributed by atoms with E-state index in [2.05, 4.69) is 10.2 Å². The first-order valence-electron chi connectivity index (χ1n) is 10.0. The van der Waals surface area contributed by atoms with Crippen molar-refractivity contribution < 1.29 is 42.1 Å². The van der Waals surface area contributed by atoms with Crippen molar-refractivity contribution in [1.29, 1.82) is 0 Å². The van der Waals surface area contributed by atoms with Crippen molar-refractivity contribution in [3.63, 3.8) is 0 Å². The second-order valence-electron chi connectivity index (χ2n) is 9.32. The van der Waals surface area contributed by atoms with Gasteiger partial charge in [-0.3, -0.25) is 9.59 Å². The molecule has 3 unspecified atom stereocenters. The van der Waals surface area contributed by atoms with E-state index in [4.69, 9.17) is 16.0 Å². The summed E-state index contributed by atoms with van der Waals surface area (Å²) in [4.78, 5) is 40.5. The fourth-order valence-corrected chi connectivity index (χ4v) is 4.29. The van der Waals surface area contributed by atoms with Gasteiger partial charge in [0, 0.05) is 11.1 Å². The molecule has 1 aliphatic carbocycles. The van der Waals surface area contributed by atoms with Gasteiger partial charge < -0.3 is 19.9 Å². The number of halogens is 3. The predicted molar refractivity (Wildman–Crippen MR) is 108 cm³/mol. The van der Waals surface area contributed by atoms with Crippen molar-refractivity contribution >= 4 is 29.2 Å². The molecular formula is C22H23F3N2O6. The number of esters is 2. The SMILES string of the molecule is [C-]#[N+]c1ccc(NC(=O)C(C)(O)COC(=O)C23CCC(C)(C(=O)O2)C3(C)C)cc1C(F)(F)F. The van der Waals surface area contributed by atoms with Crippen LogP contribution in [0.2, 0.25) is 0 Å². The number of carbonyl (C=O) groups excluding carboxylic acids is 3. The number of alkyl halides is 3. The standard InChI is InChI=1S/C22H23F3N2O6/c1-18(2)19(3)8-9-21(18,33-16(19)29)17(30)32-11-20(4,31)15(28)27-12-6-7-14(26-5)13(10-12)22(23,24)25/h6-7,10,31H,8-9,11H2,1-4H3,(H,27,28). The Morgan fingerprint density at radius 2 is 1.91 bits per heavy atom. The predicted octanol–water partition coefficient (Wildman–Crippen LogP) is 3.61. The molecule has 0 radical (unpaired) electrons. The maximum absolute atomic E-state index is 13.1. The molecule has 0 spiro atoms. The van der Waals surface area contributed by atoms with Crippen LogP contribution in [-0.4, -0.2) is 40.8 Å². The number of fused-ring (bicyclic) bond motifs is 2. The summed E-state index contributed by atoms with van der Waals surface area (Å²) < 4.78 is 50.0. The van der Waals surface area contributed by atoms with E-state index >= 15 is 0 Å². The minimum atomic E-state index is -4.82. The highest BCUT2D eigenvalue weighted by Gasteiger charge is 2.76. The van der Waals surface area contributed by atoms with Gasteiger partial charge in [-0.15, -0.1) is 0 Å². The monoisotopic (exact) mass is 468 g/mol. The van der Waals surface area contributed by atoms with E-state index in [0.717, 1.165) is 19.1 Å². The maximum atomic E-state index is 13.1. The third-order valence-corrected chi connectivity index (χ3v) is 7.07. The van der Waals surface area contributed by atoms with E-state index in [0.29, 0.717) is 12.5 Å². The zero-order chi connectivity index (χ0) is 25.0. The van der Waals surface area contributed by atoms with Crippen LogP contribution in [0.3, 0.4) is 0 Å². The number of nitrogens with one attached hydrogen (secondary N) is 1. The third kappa shape index (κ3) is 3.62. The number of benzene rings is 1. The lowest BCUT2D eigenvalue weighted by Gasteiger charge is -2.35. The Morgan fingerprint density at radius 3 is 2.39 bits per heavy atom. The van der Waals surface area contributed by atoms with Gasteiger partial charge in [0.1, 0.15) is 6.61 Å². The van der Waals surface area contributed by atoms with E-state index in [1.165, 1.54) is 0 Å². The summed E-state index contributed by atoms with van der Waals surface area (Å²) >= 11 is 0. The van der Waals surface area contributed by atoms with Gasteiger partial charge in [0.2, 0.25) is 5.60 Å². The fourth-order valence-electron chi connectivity index (χ4n) is 4.29. The van der Waals surface area contributed by atoms with Crippen molar-refractivity contribution in [2.75, 3.05) is 11.9 Å². The van der Waals surface area contributed by atoms with Crippen LogP contribution >= 0.6 is 0 Å². The number of rotatable bonds is 5. The maximum Gasteiger partial charge on any atom is 0.407 e. The van der Waals surface area contributed by atoms with E-state index in [1.54, 1.807) is 20.8 Å². The molecule has 11 heteroatoms. The Kier molecular flexibility index (Phi) is 5.53. The summed E-state index contributed by atoms with van der Waals surface area (Å²) in [6.07, 6.45) is -4.19. The van der Waals surface area contributed by atoms with Gasteiger partial charge >= 0.3 is 18.1 Å². The largest absolute Gasteiger partial charge is 0.459 e. The van der Waals surface area contributed by atoms with Gasteiger partial charge in [0.25, 0.3) is 5.91 Å². The zero-order valence-electron chi connectivity index (χ0n) is 18.4. The Hall–Kier alpha value is -3.13. The van der Waals surface area contributed by atoms with Gasteiger partial charge in [0.15, 0.2) is 11.3 Å². The molecular weight excluding hydrogens is 445 g/mol. The fraction of sp³-hybridized carbons (Fsp3) is 0.545. The van der Waals surface area contributed by atoms with E-state index in [1.807, 2.05) is 0 Å². The molecule has 2 bridgehead atoms. The molecule has 1 aliphatic heterocycles. The minimum absolute atomic E-state index is 0.225. The molecule has 1 saturated heterocycles. The molecule has 1 heterocycles. The molecule has 2 fully saturated rings. The first-order chi connectivity index (χ1) is 15.0. The highest BCUT2D eigenvalue weighted by Crippen LogP contribution is 2.65. The van der Waals surface area contributed by atoms with Crippen molar-refractivity contribution in [2.45, 2.75) is 57.9 Å². The molecule has 1 amide bonds. The number of nitrogens with zero attached hydrogens (tertiary/aromatic N) is 1. The average molecular weight is 468 g/mol. The molecule has 178 valence electrons. The lowest BCUT2D eigenvalue weighted by molar-refractivity contribution is -0.187. The molecule has 1 saturated carbocycles. The van der Waals surface area contributed by atoms with Crippen molar-refractivity contribution in [3.8, 4) is 0 Å². The van der Waals surface area contributed by atoms with Gasteiger partial charge in [-0.1, -0.05) is 19.9 Å². The summed E-state index contributed by atoms with van der Waals surface area (Å²) in [6.45, 7) is 12.2. The second kappa shape index (κ2) is 7.45. The summed E-state index contributed by atoms with van der Waals surface area (Å²) in [5, 5.41) is 12.6. The summed E-state index contributed by atoms with van der Waals surface area (Å²) in [5.74, 6) is -2.56. The lowest BCUT2D eigenvalue weighted by atomic mass is 9.66. The lowest BCUT2D eigenvalue weighted by Crippen LogP contribution is -2.51. The number of amides is 1. The molecule has 2 aliphatic rings. The van der Waals surface area contributed by atoms with Crippen LogP contribution in [0.25, 0.3) is 4.85 Å². The Balaban J connectivity index is 1.72. The van der Waals surface area contributed by atoms with Gasteiger partial charge in [0.05, 0.1) is 17.6 Å². The van der Waals surface area contributed by atoms with Crippen LogP contribution in [0, 0.1) is 17.4 Å². The van der Waals surface area contributed by atoms with Gasteiger partial charge in [-0.05, 0) is 38.8 Å². The number of carbonyl (C=O) groups is 3. The van der Waals surface area contributed by atoms with Crippen molar-refractivity contribution in [1.82, 2.24) is 0 Å². The Labute approximate surface area is 187 Å². The average Bonchev–Trinajstić information content (AvgIpc) is 3.01. The molecule has 1 aromatic rings. The van der Waals surface area contributed by atoms with E-state index < -0.39 is 63.9 Å². The van der Waals surface area contributed by atoms with Crippen LogP contribution in [-0.2, 0) is 30.0 Å². The molecule has 8 nitrogen and oxygen atoms in total. The Bertz CT molecular complexity index is 1070. The zero-order valence-corrected chi connectivity index (χ0v) is 18.4. The molecule has 2 N–H and O–H groups in total. The second-order valence-corrected chi connectivity index (χ2v) is 9.32. The van der Waals surface area contributed by atoms with Crippen LogP contribution in [0.4, 0.5) is 24.5 Å². The number of aliphatic hydroxyl groups is 1. The number of anilines is 1. The van der Waals surface area contributed by atoms with Crippen molar-refractivity contribution in [2.24, 2.45) is 10.8 Å². The van der Waals surface area contributed by atoms with Crippen LogP contribution in [0.15, 0.2) is 18.2 Å². The van der Waals surface area contributed by atoms with E-state index in [-0.39, 0.29) is 12.1 Å². The number of hydrogen-bond donors (Lipinski definition) is 2. The van der Waals surface area contributed by atoms with Gasteiger partial charge in [-0.2, -0.15) is 13.2 Å². The smallest absolute Gasteiger partial charge is 0.407 e. The van der Waals surface area contributed by atoms with Crippen LogP contribution in [0.5, 0.6) is 0 Å². The van der Waals surface area contributed by atoms with Crippen LogP contribution in [0.1, 0.15) is 46.1 Å². The van der Waals surface area contributed by atoms with Gasteiger partial charge in [-0.25, -0.2) is 9.64 Å². The molecule has 1 aromatic carbocycles. The highest BCUT2D eigenvalue weighted by molar-refractivity contribution is 5.98. The topological polar surface area (TPSA) is 106 Å². The number of hydrogen-bond acceptors (Lipinski definition) is 6. The summed E-state index contributed by atoms with van der Waals surface area (Å²) in [5.41, 5.74) is -7.81. The highest BCUT2D eigenvalue weighted by atomic mass is 19.4. The molecule has 33 heavy (non-hydrogen) atoms. The minimum Gasteiger partial charge on any atom is -0.459 e.